The Balaban J connectivity index is 2.06. The molecule has 2 aromatic carbocycles. The van der Waals surface area contributed by atoms with Gasteiger partial charge in [-0.1, -0.05) is 36.9 Å². The number of nitrogens with zero attached hydrogens (tertiary/aromatic N) is 1. The summed E-state index contributed by atoms with van der Waals surface area (Å²) in [5, 5.41) is 2.54. The largest absolute Gasteiger partial charge is 0.445 e. The fourth-order valence-electron chi connectivity index (χ4n) is 2.10. The fourth-order valence-corrected chi connectivity index (χ4v) is 2.27. The molecule has 0 bridgehead atoms. The number of ether oxygens (including phenoxy) is 2. The second-order valence-corrected chi connectivity index (χ2v) is 5.46. The zero-order valence-corrected chi connectivity index (χ0v) is 14.8. The maximum Gasteiger partial charge on any atom is 0.419 e. The molecule has 0 unspecified atom stereocenters. The van der Waals surface area contributed by atoms with E-state index in [1.54, 1.807) is 30.3 Å². The minimum Gasteiger partial charge on any atom is -0.445 e. The third-order valence-corrected chi connectivity index (χ3v) is 3.38. The van der Waals surface area contributed by atoms with E-state index in [4.69, 9.17) is 21.1 Å². The SMILES string of the molecule is C=CCOC(=O)Nc1cccc(OC(=O)N(CCCl)c2ccccc2)c1. The highest BCUT2D eigenvalue weighted by molar-refractivity contribution is 6.18. The summed E-state index contributed by atoms with van der Waals surface area (Å²) in [5.74, 6) is 0.549. The first kappa shape index (κ1) is 19.3. The average molecular weight is 375 g/mol. The number of carbonyl (C=O) groups is 2. The van der Waals surface area contributed by atoms with E-state index in [1.807, 2.05) is 18.2 Å². The van der Waals surface area contributed by atoms with E-state index in [9.17, 15) is 9.59 Å². The number of benzene rings is 2. The summed E-state index contributed by atoms with van der Waals surface area (Å²) < 4.78 is 10.3. The highest BCUT2D eigenvalue weighted by Gasteiger charge is 2.17. The van der Waals surface area contributed by atoms with E-state index in [2.05, 4.69) is 11.9 Å². The molecule has 26 heavy (non-hydrogen) atoms. The molecule has 0 fully saturated rings. The number of carbonyl (C=O) groups excluding carboxylic acids is 2. The first-order chi connectivity index (χ1) is 12.6. The highest BCUT2D eigenvalue weighted by atomic mass is 35.5. The molecule has 6 nitrogen and oxygen atoms in total. The van der Waals surface area contributed by atoms with Crippen LogP contribution in [0.25, 0.3) is 0 Å². The Morgan fingerprint density at radius 1 is 1.15 bits per heavy atom. The summed E-state index contributed by atoms with van der Waals surface area (Å²) in [6, 6.07) is 15.5. The summed E-state index contributed by atoms with van der Waals surface area (Å²) >= 11 is 5.80. The molecule has 2 amide bonds. The quantitative estimate of drug-likeness (QED) is 0.565. The monoisotopic (exact) mass is 374 g/mol. The number of rotatable bonds is 7. The third kappa shape index (κ3) is 5.82. The predicted octanol–water partition coefficient (Wildman–Crippen LogP) is 4.67. The van der Waals surface area contributed by atoms with Crippen molar-refractivity contribution in [3.8, 4) is 5.75 Å². The van der Waals surface area contributed by atoms with Crippen LogP contribution < -0.4 is 15.0 Å². The van der Waals surface area contributed by atoms with Crippen LogP contribution >= 0.6 is 11.6 Å². The molecule has 7 heteroatoms. The van der Waals surface area contributed by atoms with Gasteiger partial charge >= 0.3 is 12.2 Å². The van der Waals surface area contributed by atoms with Crippen LogP contribution in [0.4, 0.5) is 21.0 Å². The van der Waals surface area contributed by atoms with Crippen molar-refractivity contribution in [3.05, 3.63) is 67.3 Å². The van der Waals surface area contributed by atoms with E-state index in [0.29, 0.717) is 17.9 Å². The zero-order chi connectivity index (χ0) is 18.8. The molecule has 0 aliphatic rings. The van der Waals surface area contributed by atoms with Crippen molar-refractivity contribution in [1.82, 2.24) is 0 Å². The van der Waals surface area contributed by atoms with Crippen molar-refractivity contribution in [1.29, 1.82) is 0 Å². The number of para-hydroxylation sites is 1. The molecule has 0 saturated carbocycles. The summed E-state index contributed by atoms with van der Waals surface area (Å²) in [6.45, 7) is 3.87. The van der Waals surface area contributed by atoms with Crippen LogP contribution in [0, 0.1) is 0 Å². The molecular formula is C19H19ClN2O4. The van der Waals surface area contributed by atoms with Gasteiger partial charge in [0.25, 0.3) is 0 Å². The van der Waals surface area contributed by atoms with Gasteiger partial charge in [-0.2, -0.15) is 0 Å². The molecule has 0 atom stereocenters. The van der Waals surface area contributed by atoms with Crippen molar-refractivity contribution in [3.63, 3.8) is 0 Å². The smallest absolute Gasteiger partial charge is 0.419 e. The lowest BCUT2D eigenvalue weighted by molar-refractivity contribution is 0.174. The van der Waals surface area contributed by atoms with Crippen LogP contribution in [0.5, 0.6) is 5.75 Å². The Morgan fingerprint density at radius 3 is 2.62 bits per heavy atom. The lowest BCUT2D eigenvalue weighted by atomic mass is 10.3. The number of anilines is 2. The van der Waals surface area contributed by atoms with Crippen LogP contribution in [0.1, 0.15) is 0 Å². The van der Waals surface area contributed by atoms with Gasteiger partial charge in [-0.25, -0.2) is 9.59 Å². The van der Waals surface area contributed by atoms with Crippen molar-refractivity contribution >= 4 is 35.2 Å². The Bertz CT molecular complexity index is 752. The summed E-state index contributed by atoms with van der Waals surface area (Å²) in [4.78, 5) is 25.5. The van der Waals surface area contributed by atoms with Gasteiger partial charge in [0.05, 0.1) is 0 Å². The minimum atomic E-state index is -0.624. The zero-order valence-electron chi connectivity index (χ0n) is 14.1. The standard InChI is InChI=1S/C19H19ClN2O4/c1-2-13-25-18(23)21-15-7-6-10-17(14-15)26-19(24)22(12-11-20)16-8-4-3-5-9-16/h2-10,14H,1,11-13H2,(H,21,23). The molecule has 0 heterocycles. The van der Waals surface area contributed by atoms with Crippen LogP contribution in [0.3, 0.4) is 0 Å². The maximum absolute atomic E-state index is 12.5. The topological polar surface area (TPSA) is 67.9 Å². The third-order valence-electron chi connectivity index (χ3n) is 3.21. The first-order valence-corrected chi connectivity index (χ1v) is 8.42. The lowest BCUT2D eigenvalue weighted by Gasteiger charge is -2.21. The number of nitrogens with one attached hydrogen (secondary N) is 1. The Labute approximate surface area is 157 Å². The second-order valence-electron chi connectivity index (χ2n) is 5.08. The summed E-state index contributed by atoms with van der Waals surface area (Å²) in [5.41, 5.74) is 1.12. The molecule has 2 rings (SSSR count). The van der Waals surface area contributed by atoms with Gasteiger partial charge in [0.1, 0.15) is 12.4 Å². The first-order valence-electron chi connectivity index (χ1n) is 7.89. The Hall–Kier alpha value is -2.99. The van der Waals surface area contributed by atoms with E-state index in [0.717, 1.165) is 0 Å². The van der Waals surface area contributed by atoms with Gasteiger partial charge < -0.3 is 9.47 Å². The van der Waals surface area contributed by atoms with E-state index in [-0.39, 0.29) is 18.2 Å². The molecule has 0 radical (unpaired) electrons. The second kappa shape index (κ2) is 10.1. The lowest BCUT2D eigenvalue weighted by Crippen LogP contribution is -2.35. The highest BCUT2D eigenvalue weighted by Crippen LogP contribution is 2.20. The molecule has 0 aliphatic carbocycles. The number of hydrogen-bond acceptors (Lipinski definition) is 4. The van der Waals surface area contributed by atoms with Crippen LogP contribution in [0.15, 0.2) is 67.3 Å². The Kier molecular flexibility index (Phi) is 7.51. The van der Waals surface area contributed by atoms with Gasteiger partial charge in [-0.05, 0) is 24.3 Å². The van der Waals surface area contributed by atoms with Gasteiger partial charge in [-0.15, -0.1) is 11.6 Å². The molecule has 0 saturated heterocycles. The van der Waals surface area contributed by atoms with Crippen LogP contribution in [-0.2, 0) is 4.74 Å². The number of amides is 2. The normalized spacial score (nSPS) is 9.88. The van der Waals surface area contributed by atoms with Crippen molar-refractivity contribution in [2.24, 2.45) is 0 Å². The molecule has 1 N–H and O–H groups in total. The van der Waals surface area contributed by atoms with Crippen molar-refractivity contribution in [2.75, 3.05) is 29.2 Å². The van der Waals surface area contributed by atoms with E-state index >= 15 is 0 Å². The van der Waals surface area contributed by atoms with E-state index in [1.165, 1.54) is 17.0 Å². The maximum atomic E-state index is 12.5. The molecule has 0 aromatic heterocycles. The van der Waals surface area contributed by atoms with Crippen molar-refractivity contribution in [2.45, 2.75) is 0 Å². The van der Waals surface area contributed by atoms with Crippen molar-refractivity contribution < 1.29 is 19.1 Å². The molecule has 136 valence electrons. The molecule has 0 spiro atoms. The van der Waals surface area contributed by atoms with Gasteiger partial charge in [0.2, 0.25) is 0 Å². The van der Waals surface area contributed by atoms with Crippen LogP contribution in [-0.4, -0.2) is 31.2 Å². The number of hydrogen-bond donors (Lipinski definition) is 1. The molecular weight excluding hydrogens is 356 g/mol. The van der Waals surface area contributed by atoms with Gasteiger partial charge in [-0.3, -0.25) is 10.2 Å². The summed E-state index contributed by atoms with van der Waals surface area (Å²) in [7, 11) is 0. The molecule has 2 aromatic rings. The summed E-state index contributed by atoms with van der Waals surface area (Å²) in [6.07, 6.45) is 0.275. The average Bonchev–Trinajstić information content (AvgIpc) is 2.65. The predicted molar refractivity (Wildman–Crippen MR) is 102 cm³/mol. The number of halogens is 1. The fraction of sp³-hybridized carbons (Fsp3) is 0.158. The van der Waals surface area contributed by atoms with Gasteiger partial charge in [0.15, 0.2) is 0 Å². The Morgan fingerprint density at radius 2 is 1.92 bits per heavy atom. The minimum absolute atomic E-state index is 0.102. The number of alkyl halides is 1. The van der Waals surface area contributed by atoms with E-state index < -0.39 is 12.2 Å². The molecule has 0 aliphatic heterocycles. The van der Waals surface area contributed by atoms with Gasteiger partial charge in [0, 0.05) is 29.9 Å². The van der Waals surface area contributed by atoms with Crippen LogP contribution in [0.2, 0.25) is 0 Å².